The maximum absolute atomic E-state index is 12.4. The van der Waals surface area contributed by atoms with Crippen molar-refractivity contribution in [1.82, 2.24) is 14.7 Å². The van der Waals surface area contributed by atoms with Gasteiger partial charge in [-0.05, 0) is 57.4 Å². The Morgan fingerprint density at radius 1 is 1.33 bits per heavy atom. The quantitative estimate of drug-likeness (QED) is 0.833. The van der Waals surface area contributed by atoms with Crippen molar-refractivity contribution in [1.29, 1.82) is 0 Å². The summed E-state index contributed by atoms with van der Waals surface area (Å²) in [7, 11) is 0. The fourth-order valence-electron chi connectivity index (χ4n) is 3.65. The van der Waals surface area contributed by atoms with Crippen LogP contribution < -0.4 is 0 Å². The van der Waals surface area contributed by atoms with Gasteiger partial charge in [-0.3, -0.25) is 9.48 Å². The van der Waals surface area contributed by atoms with Crippen LogP contribution in [-0.4, -0.2) is 44.9 Å². The van der Waals surface area contributed by atoms with E-state index in [1.807, 2.05) is 16.5 Å². The van der Waals surface area contributed by atoms with Crippen molar-refractivity contribution in [2.45, 2.75) is 72.4 Å². The molecule has 5 nitrogen and oxygen atoms in total. The van der Waals surface area contributed by atoms with Crippen LogP contribution in [0.1, 0.15) is 57.3 Å². The van der Waals surface area contributed by atoms with Gasteiger partial charge in [0.15, 0.2) is 0 Å². The number of rotatable bonds is 7. The van der Waals surface area contributed by atoms with Gasteiger partial charge in [-0.1, -0.05) is 13.8 Å². The van der Waals surface area contributed by atoms with E-state index in [4.69, 9.17) is 0 Å². The maximum Gasteiger partial charge on any atom is 0.222 e. The summed E-state index contributed by atoms with van der Waals surface area (Å²) < 4.78 is 1.98. The molecule has 24 heavy (non-hydrogen) atoms. The number of aliphatic hydroxyl groups excluding tert-OH is 1. The summed E-state index contributed by atoms with van der Waals surface area (Å²) >= 11 is 0. The van der Waals surface area contributed by atoms with Crippen LogP contribution in [0.3, 0.4) is 0 Å². The second kappa shape index (κ2) is 8.65. The largest absolute Gasteiger partial charge is 0.393 e. The van der Waals surface area contributed by atoms with Crippen molar-refractivity contribution in [2.24, 2.45) is 11.8 Å². The van der Waals surface area contributed by atoms with Crippen LogP contribution in [0.15, 0.2) is 6.07 Å². The Morgan fingerprint density at radius 3 is 2.54 bits per heavy atom. The first-order valence-electron chi connectivity index (χ1n) is 9.33. The van der Waals surface area contributed by atoms with Crippen LogP contribution >= 0.6 is 0 Å². The standard InChI is InChI=1S/C19H33N3O2/c1-14(2)12-18(23)17-7-10-21(11-8-17)19(24)6-5-9-22-16(4)13-15(3)20-22/h13-14,17-18,23H,5-12H2,1-4H3. The molecule has 1 N–H and O–H groups in total. The van der Waals surface area contributed by atoms with Crippen molar-refractivity contribution in [3.8, 4) is 0 Å². The summed E-state index contributed by atoms with van der Waals surface area (Å²) in [6.07, 6.45) is 3.91. The topological polar surface area (TPSA) is 58.4 Å². The molecule has 1 aliphatic rings. The maximum atomic E-state index is 12.4. The van der Waals surface area contributed by atoms with Crippen LogP contribution in [-0.2, 0) is 11.3 Å². The average molecular weight is 335 g/mol. The van der Waals surface area contributed by atoms with E-state index in [0.717, 1.165) is 56.7 Å². The van der Waals surface area contributed by atoms with E-state index in [1.165, 1.54) is 0 Å². The molecule has 5 heteroatoms. The Balaban J connectivity index is 1.70. The number of carbonyl (C=O) groups is 1. The van der Waals surface area contributed by atoms with E-state index >= 15 is 0 Å². The number of hydrogen-bond acceptors (Lipinski definition) is 3. The highest BCUT2D eigenvalue weighted by atomic mass is 16.3. The van der Waals surface area contributed by atoms with E-state index in [1.54, 1.807) is 0 Å². The summed E-state index contributed by atoms with van der Waals surface area (Å²) in [4.78, 5) is 14.3. The van der Waals surface area contributed by atoms with E-state index in [-0.39, 0.29) is 12.0 Å². The molecule has 0 aliphatic carbocycles. The number of nitrogens with zero attached hydrogens (tertiary/aromatic N) is 3. The van der Waals surface area contributed by atoms with Gasteiger partial charge in [0.2, 0.25) is 5.91 Å². The lowest BCUT2D eigenvalue weighted by Gasteiger charge is -2.34. The van der Waals surface area contributed by atoms with Crippen molar-refractivity contribution < 1.29 is 9.90 Å². The predicted octanol–water partition coefficient (Wildman–Crippen LogP) is 2.93. The molecule has 136 valence electrons. The monoisotopic (exact) mass is 335 g/mol. The van der Waals surface area contributed by atoms with Gasteiger partial charge in [0.1, 0.15) is 0 Å². The number of aliphatic hydroxyl groups is 1. The fourth-order valence-corrected chi connectivity index (χ4v) is 3.65. The second-order valence-corrected chi connectivity index (χ2v) is 7.67. The SMILES string of the molecule is Cc1cc(C)n(CCCC(=O)N2CCC(C(O)CC(C)C)CC2)n1. The van der Waals surface area contributed by atoms with Gasteiger partial charge in [-0.25, -0.2) is 0 Å². The zero-order valence-electron chi connectivity index (χ0n) is 15.7. The lowest BCUT2D eigenvalue weighted by molar-refractivity contribution is -0.133. The Morgan fingerprint density at radius 2 is 2.00 bits per heavy atom. The third-order valence-corrected chi connectivity index (χ3v) is 5.01. The minimum atomic E-state index is -0.215. The predicted molar refractivity (Wildman–Crippen MR) is 95.7 cm³/mol. The van der Waals surface area contributed by atoms with Crippen LogP contribution in [0.4, 0.5) is 0 Å². The molecule has 1 aromatic rings. The van der Waals surface area contributed by atoms with Gasteiger partial charge in [-0.15, -0.1) is 0 Å². The first-order valence-corrected chi connectivity index (χ1v) is 9.33. The second-order valence-electron chi connectivity index (χ2n) is 7.67. The number of aromatic nitrogens is 2. The molecule has 0 spiro atoms. The third kappa shape index (κ3) is 5.33. The smallest absolute Gasteiger partial charge is 0.222 e. The molecule has 1 atom stereocenters. The zero-order valence-corrected chi connectivity index (χ0v) is 15.7. The van der Waals surface area contributed by atoms with Crippen molar-refractivity contribution in [3.05, 3.63) is 17.5 Å². The fraction of sp³-hybridized carbons (Fsp3) is 0.789. The average Bonchev–Trinajstić information content (AvgIpc) is 2.84. The molecule has 0 radical (unpaired) electrons. The van der Waals surface area contributed by atoms with Gasteiger partial charge in [0.05, 0.1) is 11.8 Å². The molecule has 1 amide bonds. The molecular weight excluding hydrogens is 302 g/mol. The van der Waals surface area contributed by atoms with Crippen molar-refractivity contribution >= 4 is 5.91 Å². The van der Waals surface area contributed by atoms with Gasteiger partial charge in [0, 0.05) is 31.7 Å². The van der Waals surface area contributed by atoms with Gasteiger partial charge in [0.25, 0.3) is 0 Å². The first-order chi connectivity index (χ1) is 11.4. The number of hydrogen-bond donors (Lipinski definition) is 1. The summed E-state index contributed by atoms with van der Waals surface area (Å²) in [5.41, 5.74) is 2.18. The number of piperidine rings is 1. The Bertz CT molecular complexity index is 531. The third-order valence-electron chi connectivity index (χ3n) is 5.01. The van der Waals surface area contributed by atoms with Crippen LogP contribution in [0, 0.1) is 25.7 Å². The summed E-state index contributed by atoms with van der Waals surface area (Å²) in [5, 5.41) is 14.7. The Kier molecular flexibility index (Phi) is 6.84. The lowest BCUT2D eigenvalue weighted by atomic mass is 9.87. The van der Waals surface area contributed by atoms with Crippen LogP contribution in [0.2, 0.25) is 0 Å². The summed E-state index contributed by atoms with van der Waals surface area (Å²) in [6, 6.07) is 2.06. The molecular formula is C19H33N3O2. The summed E-state index contributed by atoms with van der Waals surface area (Å²) in [6.45, 7) is 10.7. The molecule has 1 fully saturated rings. The Labute approximate surface area is 146 Å². The molecule has 0 aromatic carbocycles. The number of carbonyl (C=O) groups excluding carboxylic acids is 1. The zero-order chi connectivity index (χ0) is 17.7. The van der Waals surface area contributed by atoms with Crippen molar-refractivity contribution in [2.75, 3.05) is 13.1 Å². The lowest BCUT2D eigenvalue weighted by Crippen LogP contribution is -2.41. The van der Waals surface area contributed by atoms with Gasteiger partial charge >= 0.3 is 0 Å². The molecule has 1 unspecified atom stereocenters. The minimum Gasteiger partial charge on any atom is -0.393 e. The molecule has 2 rings (SSSR count). The Hall–Kier alpha value is -1.36. The molecule has 1 saturated heterocycles. The number of amides is 1. The number of likely N-dealkylation sites (tertiary alicyclic amines) is 1. The van der Waals surface area contributed by atoms with E-state index in [2.05, 4.69) is 31.9 Å². The number of aryl methyl sites for hydroxylation is 3. The van der Waals surface area contributed by atoms with Gasteiger partial charge in [-0.2, -0.15) is 5.10 Å². The minimum absolute atomic E-state index is 0.215. The molecule has 2 heterocycles. The summed E-state index contributed by atoms with van der Waals surface area (Å²) in [5.74, 6) is 1.12. The van der Waals surface area contributed by atoms with Gasteiger partial charge < -0.3 is 10.0 Å². The normalized spacial score (nSPS) is 17.5. The molecule has 0 bridgehead atoms. The highest BCUT2D eigenvalue weighted by Crippen LogP contribution is 2.25. The van der Waals surface area contributed by atoms with Crippen molar-refractivity contribution in [3.63, 3.8) is 0 Å². The first kappa shape index (κ1) is 19.0. The van der Waals surface area contributed by atoms with Crippen LogP contribution in [0.25, 0.3) is 0 Å². The molecule has 1 aliphatic heterocycles. The van der Waals surface area contributed by atoms with E-state index in [9.17, 15) is 9.90 Å². The van der Waals surface area contributed by atoms with Crippen LogP contribution in [0.5, 0.6) is 0 Å². The van der Waals surface area contributed by atoms with E-state index < -0.39 is 0 Å². The molecule has 1 aromatic heterocycles. The van der Waals surface area contributed by atoms with E-state index in [0.29, 0.717) is 18.3 Å². The molecule has 0 saturated carbocycles. The highest BCUT2D eigenvalue weighted by Gasteiger charge is 2.27. The highest BCUT2D eigenvalue weighted by molar-refractivity contribution is 5.76.